The lowest BCUT2D eigenvalue weighted by atomic mass is 10.1. The maximum Gasteiger partial charge on any atom is 0.418 e. The molecule has 0 bridgehead atoms. The number of anilines is 1. The van der Waals surface area contributed by atoms with Crippen molar-refractivity contribution in [1.29, 1.82) is 0 Å². The quantitative estimate of drug-likeness (QED) is 0.774. The number of aromatic nitrogens is 1. The summed E-state index contributed by atoms with van der Waals surface area (Å²) in [6, 6.07) is 7.11. The van der Waals surface area contributed by atoms with E-state index in [4.69, 9.17) is 11.6 Å². The normalized spacial score (nSPS) is 11.6. The third kappa shape index (κ3) is 6.31. The fourth-order valence-electron chi connectivity index (χ4n) is 2.35. The Morgan fingerprint density at radius 1 is 1.19 bits per heavy atom. The number of pyridine rings is 1. The van der Waals surface area contributed by atoms with Crippen LogP contribution in [0.1, 0.15) is 17.5 Å². The molecular formula is C18H19ClF3N3O. The van der Waals surface area contributed by atoms with Gasteiger partial charge in [0.25, 0.3) is 0 Å². The Morgan fingerprint density at radius 2 is 1.88 bits per heavy atom. The standard InChI is InChI=1S/C18H19ClF3N3O/c1-25(10-6-13-4-8-23-9-5-13)11-7-17(26)24-16-3-2-14(19)12-15(16)18(20,21)22/h2-5,8-9,12H,6-7,10-11H2,1H3,(H,24,26). The number of carbonyl (C=O) groups excluding carboxylic acids is 1. The molecule has 0 saturated heterocycles. The molecule has 2 rings (SSSR count). The van der Waals surface area contributed by atoms with Crippen molar-refractivity contribution in [2.75, 3.05) is 25.5 Å². The van der Waals surface area contributed by atoms with E-state index in [9.17, 15) is 18.0 Å². The van der Waals surface area contributed by atoms with Crippen LogP contribution in [0, 0.1) is 0 Å². The number of alkyl halides is 3. The predicted molar refractivity (Wildman–Crippen MR) is 95.1 cm³/mol. The number of halogens is 4. The van der Waals surface area contributed by atoms with Gasteiger partial charge in [-0.25, -0.2) is 0 Å². The lowest BCUT2D eigenvalue weighted by Crippen LogP contribution is -2.26. The van der Waals surface area contributed by atoms with E-state index in [-0.39, 0.29) is 17.1 Å². The maximum atomic E-state index is 13.0. The van der Waals surface area contributed by atoms with Gasteiger partial charge in [-0.1, -0.05) is 11.6 Å². The van der Waals surface area contributed by atoms with Crippen LogP contribution in [0.15, 0.2) is 42.7 Å². The van der Waals surface area contributed by atoms with Gasteiger partial charge in [0.15, 0.2) is 0 Å². The fourth-order valence-corrected chi connectivity index (χ4v) is 2.52. The molecule has 1 aromatic carbocycles. The van der Waals surface area contributed by atoms with Crippen molar-refractivity contribution in [3.05, 3.63) is 58.9 Å². The molecule has 0 atom stereocenters. The number of carbonyl (C=O) groups is 1. The number of amides is 1. The first-order chi connectivity index (χ1) is 12.3. The second kappa shape index (κ2) is 9.00. The van der Waals surface area contributed by atoms with E-state index < -0.39 is 17.6 Å². The van der Waals surface area contributed by atoms with E-state index in [0.717, 1.165) is 30.7 Å². The lowest BCUT2D eigenvalue weighted by Gasteiger charge is -2.17. The van der Waals surface area contributed by atoms with Crippen LogP contribution in [-0.2, 0) is 17.4 Å². The van der Waals surface area contributed by atoms with E-state index in [0.29, 0.717) is 6.54 Å². The molecule has 0 aliphatic heterocycles. The minimum Gasteiger partial charge on any atom is -0.325 e. The molecule has 1 aromatic heterocycles. The van der Waals surface area contributed by atoms with Gasteiger partial charge in [0.2, 0.25) is 5.91 Å². The van der Waals surface area contributed by atoms with E-state index >= 15 is 0 Å². The van der Waals surface area contributed by atoms with Crippen LogP contribution in [0.4, 0.5) is 18.9 Å². The van der Waals surface area contributed by atoms with Crippen molar-refractivity contribution in [2.24, 2.45) is 0 Å². The highest BCUT2D eigenvalue weighted by Gasteiger charge is 2.34. The van der Waals surface area contributed by atoms with E-state index in [1.807, 2.05) is 24.1 Å². The Balaban J connectivity index is 1.85. The van der Waals surface area contributed by atoms with Gasteiger partial charge in [0, 0.05) is 36.9 Å². The number of hydrogen-bond donors (Lipinski definition) is 1. The summed E-state index contributed by atoms with van der Waals surface area (Å²) in [4.78, 5) is 17.9. The Labute approximate surface area is 155 Å². The van der Waals surface area contributed by atoms with Crippen LogP contribution in [0.3, 0.4) is 0 Å². The molecule has 4 nitrogen and oxygen atoms in total. The van der Waals surface area contributed by atoms with Crippen molar-refractivity contribution in [3.63, 3.8) is 0 Å². The SMILES string of the molecule is CN(CCC(=O)Nc1ccc(Cl)cc1C(F)(F)F)CCc1ccncc1. The average Bonchev–Trinajstić information content (AvgIpc) is 2.59. The molecule has 1 N–H and O–H groups in total. The zero-order chi connectivity index (χ0) is 19.2. The first kappa shape index (κ1) is 20.2. The van der Waals surface area contributed by atoms with Crippen LogP contribution >= 0.6 is 11.6 Å². The first-order valence-electron chi connectivity index (χ1n) is 8.00. The monoisotopic (exact) mass is 385 g/mol. The Hall–Kier alpha value is -2.12. The topological polar surface area (TPSA) is 45.2 Å². The van der Waals surface area contributed by atoms with Gasteiger partial charge in [0.1, 0.15) is 0 Å². The fraction of sp³-hybridized carbons (Fsp3) is 0.333. The van der Waals surface area contributed by atoms with Gasteiger partial charge >= 0.3 is 6.18 Å². The van der Waals surface area contributed by atoms with Crippen molar-refractivity contribution in [1.82, 2.24) is 9.88 Å². The van der Waals surface area contributed by atoms with Crippen LogP contribution in [0.2, 0.25) is 5.02 Å². The van der Waals surface area contributed by atoms with Gasteiger partial charge < -0.3 is 10.2 Å². The molecule has 1 heterocycles. The summed E-state index contributed by atoms with van der Waals surface area (Å²) in [5.74, 6) is -0.478. The van der Waals surface area contributed by atoms with Crippen LogP contribution in [-0.4, -0.2) is 35.9 Å². The van der Waals surface area contributed by atoms with Gasteiger partial charge in [-0.15, -0.1) is 0 Å². The Kier molecular flexibility index (Phi) is 6.99. The van der Waals surface area contributed by atoms with Gasteiger partial charge in [0.05, 0.1) is 11.3 Å². The second-order valence-electron chi connectivity index (χ2n) is 5.89. The molecule has 8 heteroatoms. The van der Waals surface area contributed by atoms with Crippen LogP contribution in [0.25, 0.3) is 0 Å². The molecular weight excluding hydrogens is 367 g/mol. The molecule has 0 spiro atoms. The zero-order valence-electron chi connectivity index (χ0n) is 14.2. The van der Waals surface area contributed by atoms with Crippen molar-refractivity contribution in [3.8, 4) is 0 Å². The third-order valence-electron chi connectivity index (χ3n) is 3.81. The highest BCUT2D eigenvalue weighted by atomic mass is 35.5. The third-order valence-corrected chi connectivity index (χ3v) is 4.05. The molecule has 0 unspecified atom stereocenters. The minimum atomic E-state index is -4.59. The zero-order valence-corrected chi connectivity index (χ0v) is 14.9. The molecule has 0 fully saturated rings. The molecule has 0 aliphatic rings. The predicted octanol–water partition coefficient (Wildman–Crippen LogP) is 4.26. The second-order valence-corrected chi connectivity index (χ2v) is 6.33. The highest BCUT2D eigenvalue weighted by Crippen LogP contribution is 2.36. The van der Waals surface area contributed by atoms with Crippen LogP contribution < -0.4 is 5.32 Å². The number of benzene rings is 1. The van der Waals surface area contributed by atoms with Gasteiger partial charge in [-0.3, -0.25) is 9.78 Å². The number of rotatable bonds is 7. The van der Waals surface area contributed by atoms with Crippen molar-refractivity contribution in [2.45, 2.75) is 19.0 Å². The Bertz CT molecular complexity index is 738. The summed E-state index contributed by atoms with van der Waals surface area (Å²) in [6.45, 7) is 1.16. The molecule has 0 radical (unpaired) electrons. The van der Waals surface area contributed by atoms with E-state index in [1.54, 1.807) is 12.4 Å². The average molecular weight is 386 g/mol. The number of hydrogen-bond acceptors (Lipinski definition) is 3. The number of nitrogens with zero attached hydrogens (tertiary/aromatic N) is 2. The Morgan fingerprint density at radius 3 is 2.54 bits per heavy atom. The largest absolute Gasteiger partial charge is 0.418 e. The minimum absolute atomic E-state index is 0.0360. The summed E-state index contributed by atoms with van der Waals surface area (Å²) in [7, 11) is 1.86. The van der Waals surface area contributed by atoms with Gasteiger partial charge in [-0.05, 0) is 49.4 Å². The van der Waals surface area contributed by atoms with E-state index in [1.165, 1.54) is 6.07 Å². The molecule has 0 saturated carbocycles. The van der Waals surface area contributed by atoms with Gasteiger partial charge in [-0.2, -0.15) is 13.2 Å². The van der Waals surface area contributed by atoms with Crippen LogP contribution in [0.5, 0.6) is 0 Å². The first-order valence-corrected chi connectivity index (χ1v) is 8.37. The number of nitrogens with one attached hydrogen (secondary N) is 1. The van der Waals surface area contributed by atoms with E-state index in [2.05, 4.69) is 10.3 Å². The molecule has 2 aromatic rings. The maximum absolute atomic E-state index is 13.0. The lowest BCUT2D eigenvalue weighted by molar-refractivity contribution is -0.137. The summed E-state index contributed by atoms with van der Waals surface area (Å²) in [5.41, 5.74) is -0.108. The summed E-state index contributed by atoms with van der Waals surface area (Å²) in [5, 5.41) is 2.28. The highest BCUT2D eigenvalue weighted by molar-refractivity contribution is 6.30. The summed E-state index contributed by atoms with van der Waals surface area (Å²) < 4.78 is 39.1. The summed E-state index contributed by atoms with van der Waals surface area (Å²) >= 11 is 5.62. The van der Waals surface area contributed by atoms with Crippen molar-refractivity contribution >= 4 is 23.2 Å². The van der Waals surface area contributed by atoms with Crippen molar-refractivity contribution < 1.29 is 18.0 Å². The molecule has 1 amide bonds. The molecule has 26 heavy (non-hydrogen) atoms. The smallest absolute Gasteiger partial charge is 0.325 e. The summed E-state index contributed by atoms with van der Waals surface area (Å²) in [6.07, 6.45) is -0.266. The number of likely N-dealkylation sites (N-methyl/N-ethyl adjacent to an activating group) is 1. The molecule has 0 aliphatic carbocycles. The molecule has 140 valence electrons.